The van der Waals surface area contributed by atoms with Crippen molar-refractivity contribution in [2.75, 3.05) is 27.2 Å². The van der Waals surface area contributed by atoms with E-state index in [4.69, 9.17) is 4.74 Å². The number of nitrogens with one attached hydrogen (secondary N) is 1. The van der Waals surface area contributed by atoms with Crippen LogP contribution in [0.1, 0.15) is 18.5 Å². The Bertz CT molecular complexity index is 501. The molecule has 0 spiro atoms. The molecule has 1 rings (SSSR count). The van der Waals surface area contributed by atoms with Gasteiger partial charge in [0, 0.05) is 12.1 Å². The van der Waals surface area contributed by atoms with E-state index in [9.17, 15) is 13.6 Å². The van der Waals surface area contributed by atoms with Gasteiger partial charge in [-0.05, 0) is 33.2 Å². The number of halogens is 2. The lowest BCUT2D eigenvalue weighted by Crippen LogP contribution is -2.40. The van der Waals surface area contributed by atoms with Gasteiger partial charge in [-0.1, -0.05) is 12.1 Å². The van der Waals surface area contributed by atoms with E-state index in [2.05, 4.69) is 11.9 Å². The van der Waals surface area contributed by atoms with E-state index in [1.807, 2.05) is 0 Å². The fourth-order valence-corrected chi connectivity index (χ4v) is 2.00. The van der Waals surface area contributed by atoms with Crippen LogP contribution in [-0.2, 0) is 9.53 Å². The molecule has 1 N–H and O–H groups in total. The van der Waals surface area contributed by atoms with Gasteiger partial charge in [0.05, 0.1) is 12.6 Å². The minimum Gasteiger partial charge on any atom is -0.365 e. The summed E-state index contributed by atoms with van der Waals surface area (Å²) >= 11 is 0. The van der Waals surface area contributed by atoms with Crippen LogP contribution in [0.4, 0.5) is 8.78 Å². The van der Waals surface area contributed by atoms with Crippen molar-refractivity contribution in [3.63, 3.8) is 0 Å². The minimum absolute atomic E-state index is 0.0625. The van der Waals surface area contributed by atoms with Crippen molar-refractivity contribution in [3.05, 3.63) is 48.1 Å². The molecule has 0 saturated heterocycles. The molecule has 0 aliphatic heterocycles. The summed E-state index contributed by atoms with van der Waals surface area (Å²) in [6.45, 7) is 5.44. The highest BCUT2D eigenvalue weighted by Gasteiger charge is 2.23. The molecule has 0 fully saturated rings. The summed E-state index contributed by atoms with van der Waals surface area (Å²) in [6.07, 6.45) is 0.882. The lowest BCUT2D eigenvalue weighted by atomic mass is 10.0. The Morgan fingerprint density at radius 3 is 2.50 bits per heavy atom. The molecule has 0 radical (unpaired) electrons. The summed E-state index contributed by atoms with van der Waals surface area (Å²) in [5, 5.41) is 2.65. The third kappa shape index (κ3) is 4.89. The van der Waals surface area contributed by atoms with Crippen molar-refractivity contribution in [1.82, 2.24) is 10.2 Å². The first kappa shape index (κ1) is 18.3. The number of carbonyl (C=O) groups is 1. The molecule has 0 aliphatic rings. The molecule has 1 aromatic carbocycles. The smallest absolute Gasteiger partial charge is 0.248 e. The van der Waals surface area contributed by atoms with Gasteiger partial charge in [0.15, 0.2) is 0 Å². The van der Waals surface area contributed by atoms with E-state index < -0.39 is 23.8 Å². The number of nitrogens with zero attached hydrogens (tertiary/aromatic N) is 1. The van der Waals surface area contributed by atoms with Crippen LogP contribution in [0.3, 0.4) is 0 Å². The largest absolute Gasteiger partial charge is 0.365 e. The highest BCUT2D eigenvalue weighted by molar-refractivity contribution is 5.80. The number of amides is 1. The number of carbonyl (C=O) groups excluding carboxylic acids is 1. The third-order valence-electron chi connectivity index (χ3n) is 3.26. The molecule has 4 nitrogen and oxygen atoms in total. The molecule has 0 aromatic heterocycles. The second-order valence-electron chi connectivity index (χ2n) is 5.12. The van der Waals surface area contributed by atoms with Crippen LogP contribution in [0, 0.1) is 11.6 Å². The Labute approximate surface area is 129 Å². The van der Waals surface area contributed by atoms with Gasteiger partial charge in [0.1, 0.15) is 17.7 Å². The van der Waals surface area contributed by atoms with Gasteiger partial charge in [-0.25, -0.2) is 8.78 Å². The number of hydrogen-bond donors (Lipinski definition) is 1. The first-order valence-corrected chi connectivity index (χ1v) is 6.99. The zero-order valence-corrected chi connectivity index (χ0v) is 13.1. The normalized spacial score (nSPS) is 13.7. The fraction of sp³-hybridized carbons (Fsp3) is 0.438. The van der Waals surface area contributed by atoms with Gasteiger partial charge < -0.3 is 15.0 Å². The van der Waals surface area contributed by atoms with Gasteiger partial charge in [0.2, 0.25) is 5.91 Å². The monoisotopic (exact) mass is 312 g/mol. The first-order chi connectivity index (χ1) is 10.4. The van der Waals surface area contributed by atoms with Crippen molar-refractivity contribution < 1.29 is 18.3 Å². The van der Waals surface area contributed by atoms with Crippen LogP contribution >= 0.6 is 0 Å². The highest BCUT2D eigenvalue weighted by atomic mass is 19.1. The minimum atomic E-state index is -0.661. The van der Waals surface area contributed by atoms with Crippen molar-refractivity contribution in [3.8, 4) is 0 Å². The lowest BCUT2D eigenvalue weighted by molar-refractivity contribution is -0.131. The molecular weight excluding hydrogens is 290 g/mol. The number of rotatable bonds is 8. The Morgan fingerprint density at radius 1 is 1.41 bits per heavy atom. The molecule has 0 saturated carbocycles. The van der Waals surface area contributed by atoms with Crippen LogP contribution in [0.5, 0.6) is 0 Å². The molecule has 0 unspecified atom stereocenters. The quantitative estimate of drug-likeness (QED) is 0.749. The zero-order valence-electron chi connectivity index (χ0n) is 13.1. The number of ether oxygens (including phenoxy) is 1. The third-order valence-corrected chi connectivity index (χ3v) is 3.26. The van der Waals surface area contributed by atoms with Crippen LogP contribution in [0.25, 0.3) is 0 Å². The van der Waals surface area contributed by atoms with Crippen molar-refractivity contribution in [2.45, 2.75) is 19.1 Å². The Morgan fingerprint density at radius 2 is 2.00 bits per heavy atom. The Kier molecular flexibility index (Phi) is 7.14. The first-order valence-electron chi connectivity index (χ1n) is 6.99. The Hall–Kier alpha value is -1.79. The van der Waals surface area contributed by atoms with E-state index in [-0.39, 0.29) is 24.6 Å². The van der Waals surface area contributed by atoms with Gasteiger partial charge in [-0.15, -0.1) is 6.58 Å². The van der Waals surface area contributed by atoms with Crippen LogP contribution in [-0.4, -0.2) is 44.2 Å². The SMILES string of the molecule is C=CCO[C@H](C)C(=O)NC[C@H](c1c(F)cccc1F)N(C)C. The molecule has 2 atom stereocenters. The molecule has 0 aliphatic carbocycles. The lowest BCUT2D eigenvalue weighted by Gasteiger charge is -2.26. The summed E-state index contributed by atoms with van der Waals surface area (Å²) < 4.78 is 33.0. The van der Waals surface area contributed by atoms with Crippen molar-refractivity contribution in [2.24, 2.45) is 0 Å². The number of likely N-dealkylation sites (N-methyl/N-ethyl adjacent to an activating group) is 1. The maximum absolute atomic E-state index is 13.9. The summed E-state index contributed by atoms with van der Waals surface area (Å²) in [5.74, 6) is -1.61. The molecule has 1 amide bonds. The molecule has 6 heteroatoms. The van der Waals surface area contributed by atoms with Crippen LogP contribution in [0.15, 0.2) is 30.9 Å². The van der Waals surface area contributed by atoms with E-state index >= 15 is 0 Å². The number of benzene rings is 1. The average Bonchev–Trinajstić information content (AvgIpc) is 2.46. The van der Waals surface area contributed by atoms with Gasteiger partial charge in [-0.3, -0.25) is 4.79 Å². The standard InChI is InChI=1S/C16H22F2N2O2/c1-5-9-22-11(2)16(21)19-10-14(20(3)4)15-12(17)7-6-8-13(15)18/h5-8,11,14H,1,9-10H2,2-4H3,(H,19,21)/t11-,14-/m1/s1. The number of hydrogen-bond acceptors (Lipinski definition) is 3. The van der Waals surface area contributed by atoms with E-state index in [0.29, 0.717) is 0 Å². The molecule has 1 aromatic rings. The second-order valence-corrected chi connectivity index (χ2v) is 5.12. The Balaban J connectivity index is 2.78. The summed E-state index contributed by atoms with van der Waals surface area (Å²) in [5.41, 5.74) is -0.0625. The summed E-state index contributed by atoms with van der Waals surface area (Å²) in [6, 6.07) is 3.10. The van der Waals surface area contributed by atoms with Crippen LogP contribution in [0.2, 0.25) is 0 Å². The van der Waals surface area contributed by atoms with E-state index in [1.165, 1.54) is 18.2 Å². The van der Waals surface area contributed by atoms with Gasteiger partial charge >= 0.3 is 0 Å². The molecule has 22 heavy (non-hydrogen) atoms. The average molecular weight is 312 g/mol. The molecular formula is C16H22F2N2O2. The predicted molar refractivity (Wildman–Crippen MR) is 81.4 cm³/mol. The van der Waals surface area contributed by atoms with Crippen LogP contribution < -0.4 is 5.32 Å². The van der Waals surface area contributed by atoms with E-state index in [0.717, 1.165) is 0 Å². The van der Waals surface area contributed by atoms with E-state index in [1.54, 1.807) is 32.0 Å². The maximum Gasteiger partial charge on any atom is 0.248 e. The highest BCUT2D eigenvalue weighted by Crippen LogP contribution is 2.23. The predicted octanol–water partition coefficient (Wildman–Crippen LogP) is 2.27. The van der Waals surface area contributed by atoms with Gasteiger partial charge in [0.25, 0.3) is 0 Å². The molecule has 122 valence electrons. The van der Waals surface area contributed by atoms with Gasteiger partial charge in [-0.2, -0.15) is 0 Å². The summed E-state index contributed by atoms with van der Waals surface area (Å²) in [4.78, 5) is 13.6. The topological polar surface area (TPSA) is 41.6 Å². The maximum atomic E-state index is 13.9. The van der Waals surface area contributed by atoms with Crippen molar-refractivity contribution >= 4 is 5.91 Å². The van der Waals surface area contributed by atoms with Crippen molar-refractivity contribution in [1.29, 1.82) is 0 Å². The molecule has 0 heterocycles. The summed E-state index contributed by atoms with van der Waals surface area (Å²) in [7, 11) is 3.39. The zero-order chi connectivity index (χ0) is 16.7. The fourth-order valence-electron chi connectivity index (χ4n) is 2.00. The molecule has 0 bridgehead atoms. The second kappa shape index (κ2) is 8.60.